The fourth-order valence-electron chi connectivity index (χ4n) is 2.24. The van der Waals surface area contributed by atoms with Crippen LogP contribution in [0.3, 0.4) is 0 Å². The number of rotatable bonds is 1. The van der Waals surface area contributed by atoms with Crippen molar-refractivity contribution < 1.29 is 10.0 Å². The van der Waals surface area contributed by atoms with Gasteiger partial charge in [0.15, 0.2) is 6.17 Å². The molecule has 0 saturated heterocycles. The molecular formula is C13H14N4O2. The average Bonchev–Trinajstić information content (AvgIpc) is 2.75. The van der Waals surface area contributed by atoms with Gasteiger partial charge in [-0.05, 0) is 19.1 Å². The minimum absolute atomic E-state index is 0.414. The van der Waals surface area contributed by atoms with E-state index in [1.165, 1.54) is 0 Å². The molecule has 2 aromatic rings. The number of carbonyl (C=O) groups excluding carboxylic acids is 1. The first-order chi connectivity index (χ1) is 9.09. The van der Waals surface area contributed by atoms with Gasteiger partial charge in [0, 0.05) is 24.0 Å². The van der Waals surface area contributed by atoms with Crippen LogP contribution < -0.4 is 5.32 Å². The van der Waals surface area contributed by atoms with Gasteiger partial charge in [0.2, 0.25) is 0 Å². The molecule has 6 heteroatoms. The summed E-state index contributed by atoms with van der Waals surface area (Å²) in [5.41, 5.74) is 2.84. The molecule has 19 heavy (non-hydrogen) atoms. The summed E-state index contributed by atoms with van der Waals surface area (Å²) in [6.07, 6.45) is 1.04. The van der Waals surface area contributed by atoms with Crippen molar-refractivity contribution in [1.82, 2.24) is 14.8 Å². The number of nitrogens with one attached hydrogen (secondary N) is 1. The van der Waals surface area contributed by atoms with Crippen LogP contribution in [0.15, 0.2) is 30.5 Å². The standard InChI is InChI=1S/C13H14N4O2/c1-8-10(7-14-16(8)2)12-15-11-6-4-3-5-9(11)13(18)17(12)19/h3-7,12,15,19H,1-2H3/t12-/m1/s1. The van der Waals surface area contributed by atoms with Crippen molar-refractivity contribution >= 4 is 11.6 Å². The largest absolute Gasteiger partial charge is 0.359 e. The van der Waals surface area contributed by atoms with Gasteiger partial charge in [0.25, 0.3) is 5.91 Å². The lowest BCUT2D eigenvalue weighted by atomic mass is 10.1. The smallest absolute Gasteiger partial charge is 0.281 e. The molecule has 0 unspecified atom stereocenters. The first kappa shape index (κ1) is 11.7. The Morgan fingerprint density at radius 3 is 2.79 bits per heavy atom. The highest BCUT2D eigenvalue weighted by atomic mass is 16.5. The Hall–Kier alpha value is -2.34. The highest BCUT2D eigenvalue weighted by Gasteiger charge is 2.33. The summed E-state index contributed by atoms with van der Waals surface area (Å²) in [6.45, 7) is 1.89. The minimum atomic E-state index is -0.615. The maximum Gasteiger partial charge on any atom is 0.281 e. The third-order valence-corrected chi connectivity index (χ3v) is 3.47. The van der Waals surface area contributed by atoms with Crippen LogP contribution in [0.2, 0.25) is 0 Å². The second-order valence-electron chi connectivity index (χ2n) is 4.55. The van der Waals surface area contributed by atoms with Crippen LogP contribution >= 0.6 is 0 Å². The first-order valence-corrected chi connectivity index (χ1v) is 5.96. The van der Waals surface area contributed by atoms with E-state index in [0.29, 0.717) is 16.3 Å². The SMILES string of the molecule is Cc1c([C@@H]2Nc3ccccc3C(=O)N2O)cnn1C. The van der Waals surface area contributed by atoms with Crippen LogP contribution in [-0.4, -0.2) is 26.0 Å². The molecule has 0 saturated carbocycles. The van der Waals surface area contributed by atoms with Crippen molar-refractivity contribution in [1.29, 1.82) is 0 Å². The molecule has 1 aliphatic rings. The van der Waals surface area contributed by atoms with E-state index in [1.807, 2.05) is 26.1 Å². The third-order valence-electron chi connectivity index (χ3n) is 3.47. The van der Waals surface area contributed by atoms with Crippen molar-refractivity contribution in [2.75, 3.05) is 5.32 Å². The van der Waals surface area contributed by atoms with E-state index in [-0.39, 0.29) is 0 Å². The summed E-state index contributed by atoms with van der Waals surface area (Å²) in [5, 5.41) is 18.1. The number of nitrogens with zero attached hydrogens (tertiary/aromatic N) is 3. The Morgan fingerprint density at radius 2 is 2.11 bits per heavy atom. The third kappa shape index (κ3) is 1.68. The topological polar surface area (TPSA) is 70.4 Å². The molecule has 0 aliphatic carbocycles. The van der Waals surface area contributed by atoms with Gasteiger partial charge in [-0.25, -0.2) is 0 Å². The molecular weight excluding hydrogens is 244 g/mol. The number of aromatic nitrogens is 2. The summed E-state index contributed by atoms with van der Waals surface area (Å²) in [4.78, 5) is 12.1. The zero-order valence-electron chi connectivity index (χ0n) is 10.7. The zero-order chi connectivity index (χ0) is 13.6. The number of para-hydroxylation sites is 1. The van der Waals surface area contributed by atoms with Crippen LogP contribution in [0.1, 0.15) is 27.8 Å². The lowest BCUT2D eigenvalue weighted by molar-refractivity contribution is -0.0852. The number of hydroxylamine groups is 2. The Labute approximate surface area is 110 Å². The summed E-state index contributed by atoms with van der Waals surface area (Å²) >= 11 is 0. The van der Waals surface area contributed by atoms with E-state index in [0.717, 1.165) is 11.3 Å². The number of amides is 1. The molecule has 1 aromatic heterocycles. The van der Waals surface area contributed by atoms with Gasteiger partial charge in [-0.1, -0.05) is 12.1 Å². The lowest BCUT2D eigenvalue weighted by Gasteiger charge is -2.33. The van der Waals surface area contributed by atoms with Crippen LogP contribution in [0.5, 0.6) is 0 Å². The van der Waals surface area contributed by atoms with Crippen LogP contribution in [0, 0.1) is 6.92 Å². The van der Waals surface area contributed by atoms with Crippen LogP contribution in [0.4, 0.5) is 5.69 Å². The molecule has 1 atom stereocenters. The molecule has 3 rings (SSSR count). The number of hydrogen-bond acceptors (Lipinski definition) is 4. The summed E-state index contributed by atoms with van der Waals surface area (Å²) in [6, 6.07) is 7.11. The van der Waals surface area contributed by atoms with E-state index in [2.05, 4.69) is 10.4 Å². The van der Waals surface area contributed by atoms with Gasteiger partial charge in [-0.3, -0.25) is 14.7 Å². The zero-order valence-corrected chi connectivity index (χ0v) is 10.7. The predicted octanol–water partition coefficient (Wildman–Crippen LogP) is 1.68. The summed E-state index contributed by atoms with van der Waals surface area (Å²) in [7, 11) is 1.82. The van der Waals surface area contributed by atoms with Crippen molar-refractivity contribution in [3.05, 3.63) is 47.3 Å². The van der Waals surface area contributed by atoms with Gasteiger partial charge in [-0.15, -0.1) is 0 Å². The quantitative estimate of drug-likeness (QED) is 0.763. The normalized spacial score (nSPS) is 18.2. The van der Waals surface area contributed by atoms with Crippen molar-refractivity contribution in [3.63, 3.8) is 0 Å². The fraction of sp³-hybridized carbons (Fsp3) is 0.231. The first-order valence-electron chi connectivity index (χ1n) is 5.96. The number of fused-ring (bicyclic) bond motifs is 1. The molecule has 0 bridgehead atoms. The highest BCUT2D eigenvalue weighted by Crippen LogP contribution is 2.32. The van der Waals surface area contributed by atoms with Crippen molar-refractivity contribution in [2.24, 2.45) is 7.05 Å². The minimum Gasteiger partial charge on any atom is -0.359 e. The van der Waals surface area contributed by atoms with Crippen LogP contribution in [-0.2, 0) is 7.05 Å². The number of carbonyl (C=O) groups is 1. The number of aryl methyl sites for hydroxylation is 1. The molecule has 2 N–H and O–H groups in total. The van der Waals surface area contributed by atoms with E-state index in [1.54, 1.807) is 23.0 Å². The van der Waals surface area contributed by atoms with E-state index < -0.39 is 12.1 Å². The molecule has 6 nitrogen and oxygen atoms in total. The van der Waals surface area contributed by atoms with Crippen molar-refractivity contribution in [2.45, 2.75) is 13.1 Å². The second-order valence-corrected chi connectivity index (χ2v) is 4.55. The van der Waals surface area contributed by atoms with E-state index in [9.17, 15) is 10.0 Å². The molecule has 0 radical (unpaired) electrons. The monoisotopic (exact) mass is 258 g/mol. The number of anilines is 1. The molecule has 2 heterocycles. The van der Waals surface area contributed by atoms with Gasteiger partial charge in [-0.2, -0.15) is 10.2 Å². The maximum atomic E-state index is 12.1. The predicted molar refractivity (Wildman–Crippen MR) is 68.7 cm³/mol. The molecule has 1 aliphatic heterocycles. The molecule has 1 aromatic carbocycles. The van der Waals surface area contributed by atoms with E-state index >= 15 is 0 Å². The Bertz CT molecular complexity index is 650. The lowest BCUT2D eigenvalue weighted by Crippen LogP contribution is -2.40. The van der Waals surface area contributed by atoms with E-state index in [4.69, 9.17) is 0 Å². The Kier molecular flexibility index (Phi) is 2.53. The molecule has 0 spiro atoms. The van der Waals surface area contributed by atoms with Gasteiger partial charge < -0.3 is 5.32 Å². The van der Waals surface area contributed by atoms with Crippen LogP contribution in [0.25, 0.3) is 0 Å². The summed E-state index contributed by atoms with van der Waals surface area (Å²) in [5.74, 6) is -0.414. The number of hydrogen-bond donors (Lipinski definition) is 2. The fourth-order valence-corrected chi connectivity index (χ4v) is 2.24. The van der Waals surface area contributed by atoms with Crippen molar-refractivity contribution in [3.8, 4) is 0 Å². The van der Waals surface area contributed by atoms with Gasteiger partial charge in [0.1, 0.15) is 0 Å². The number of benzene rings is 1. The maximum absolute atomic E-state index is 12.1. The Balaban J connectivity index is 2.06. The van der Waals surface area contributed by atoms with Gasteiger partial charge in [0.05, 0.1) is 11.8 Å². The highest BCUT2D eigenvalue weighted by molar-refractivity contribution is 6.01. The van der Waals surface area contributed by atoms with Gasteiger partial charge >= 0.3 is 0 Å². The molecule has 0 fully saturated rings. The second kappa shape index (κ2) is 4.10. The summed E-state index contributed by atoms with van der Waals surface area (Å²) < 4.78 is 1.70. The average molecular weight is 258 g/mol. The molecule has 1 amide bonds. The molecule has 98 valence electrons. The Morgan fingerprint density at radius 1 is 1.37 bits per heavy atom.